The lowest BCUT2D eigenvalue weighted by atomic mass is 10.2. The molecule has 0 N–H and O–H groups in total. The number of halogens is 2. The number of rotatable bonds is 7. The van der Waals surface area contributed by atoms with E-state index in [-0.39, 0.29) is 12.4 Å². The van der Waals surface area contributed by atoms with Crippen LogP contribution in [0.5, 0.6) is 17.2 Å². The number of hydrogen-bond donors (Lipinski definition) is 0. The number of carbonyl (C=O) groups excluding carboxylic acids is 1. The van der Waals surface area contributed by atoms with Crippen LogP contribution in [0, 0.1) is 0 Å². The lowest BCUT2D eigenvalue weighted by molar-refractivity contribution is -0.0498. The average Bonchev–Trinajstić information content (AvgIpc) is 2.53. The van der Waals surface area contributed by atoms with Crippen molar-refractivity contribution in [2.75, 3.05) is 7.11 Å². The minimum Gasteiger partial charge on any atom is -0.493 e. The molecule has 0 fully saturated rings. The second-order valence-electron chi connectivity index (χ2n) is 4.34. The lowest BCUT2D eigenvalue weighted by Gasteiger charge is -2.11. The predicted molar refractivity (Wildman–Crippen MR) is 75.8 cm³/mol. The number of aldehydes is 1. The second-order valence-corrected chi connectivity index (χ2v) is 4.34. The van der Waals surface area contributed by atoms with Crippen LogP contribution in [0.15, 0.2) is 42.5 Å². The van der Waals surface area contributed by atoms with Gasteiger partial charge in [0.1, 0.15) is 18.6 Å². The monoisotopic (exact) mass is 308 g/mol. The summed E-state index contributed by atoms with van der Waals surface area (Å²) in [6.07, 6.45) is 0.716. The Kier molecular flexibility index (Phi) is 5.30. The van der Waals surface area contributed by atoms with Crippen molar-refractivity contribution in [2.24, 2.45) is 0 Å². The van der Waals surface area contributed by atoms with Gasteiger partial charge in [0.2, 0.25) is 0 Å². The highest BCUT2D eigenvalue weighted by atomic mass is 19.3. The standard InChI is InChI=1S/C16H14F2O4/c1-20-15-8-12(9-19)4-7-14(15)21-10-11-2-5-13(6-3-11)22-16(17)18/h2-9,16H,10H2,1H3. The van der Waals surface area contributed by atoms with Crippen LogP contribution in [-0.4, -0.2) is 20.0 Å². The molecule has 0 spiro atoms. The van der Waals surface area contributed by atoms with Crippen molar-refractivity contribution in [1.29, 1.82) is 0 Å². The third-order valence-corrected chi connectivity index (χ3v) is 2.87. The maximum absolute atomic E-state index is 12.1. The van der Waals surface area contributed by atoms with E-state index in [1.165, 1.54) is 19.2 Å². The van der Waals surface area contributed by atoms with E-state index < -0.39 is 6.61 Å². The maximum atomic E-state index is 12.1. The normalized spacial score (nSPS) is 10.4. The van der Waals surface area contributed by atoms with Crippen LogP contribution in [-0.2, 0) is 6.61 Å². The highest BCUT2D eigenvalue weighted by Gasteiger charge is 2.07. The molecule has 116 valence electrons. The van der Waals surface area contributed by atoms with Gasteiger partial charge in [-0.2, -0.15) is 8.78 Å². The van der Waals surface area contributed by atoms with Crippen molar-refractivity contribution in [2.45, 2.75) is 13.2 Å². The minimum atomic E-state index is -2.84. The van der Waals surface area contributed by atoms with Crippen LogP contribution in [0.1, 0.15) is 15.9 Å². The summed E-state index contributed by atoms with van der Waals surface area (Å²) in [7, 11) is 1.48. The average molecular weight is 308 g/mol. The van der Waals surface area contributed by atoms with E-state index in [0.29, 0.717) is 23.3 Å². The quantitative estimate of drug-likeness (QED) is 0.732. The fourth-order valence-corrected chi connectivity index (χ4v) is 1.80. The first kappa shape index (κ1) is 15.8. The maximum Gasteiger partial charge on any atom is 0.387 e. The molecule has 0 aliphatic carbocycles. The molecule has 0 amide bonds. The predicted octanol–water partition coefficient (Wildman–Crippen LogP) is 3.69. The fourth-order valence-electron chi connectivity index (χ4n) is 1.80. The number of alkyl halides is 2. The van der Waals surface area contributed by atoms with Crippen LogP contribution < -0.4 is 14.2 Å². The Labute approximate surface area is 126 Å². The Balaban J connectivity index is 2.02. The molecule has 0 unspecified atom stereocenters. The van der Waals surface area contributed by atoms with E-state index in [1.54, 1.807) is 30.3 Å². The summed E-state index contributed by atoms with van der Waals surface area (Å²) in [6.45, 7) is -2.62. The van der Waals surface area contributed by atoms with Crippen molar-refractivity contribution >= 4 is 6.29 Å². The number of carbonyl (C=O) groups is 1. The van der Waals surface area contributed by atoms with Gasteiger partial charge >= 0.3 is 6.61 Å². The zero-order valence-corrected chi connectivity index (χ0v) is 11.8. The van der Waals surface area contributed by atoms with Gasteiger partial charge in [-0.05, 0) is 35.9 Å². The topological polar surface area (TPSA) is 44.8 Å². The first-order valence-corrected chi connectivity index (χ1v) is 6.42. The summed E-state index contributed by atoms with van der Waals surface area (Å²) in [5.74, 6) is 1.02. The molecule has 0 saturated carbocycles. The third kappa shape index (κ3) is 4.18. The van der Waals surface area contributed by atoms with Crippen molar-refractivity contribution in [3.05, 3.63) is 53.6 Å². The zero-order valence-electron chi connectivity index (χ0n) is 11.8. The van der Waals surface area contributed by atoms with Gasteiger partial charge in [-0.15, -0.1) is 0 Å². The number of ether oxygens (including phenoxy) is 3. The molecule has 2 aromatic rings. The van der Waals surface area contributed by atoms with Crippen molar-refractivity contribution in [1.82, 2.24) is 0 Å². The van der Waals surface area contributed by atoms with Crippen LogP contribution in [0.4, 0.5) is 8.78 Å². The first-order chi connectivity index (χ1) is 10.6. The molecule has 0 aliphatic heterocycles. The summed E-state index contributed by atoms with van der Waals surface area (Å²) in [5, 5.41) is 0. The van der Waals surface area contributed by atoms with E-state index in [4.69, 9.17) is 9.47 Å². The van der Waals surface area contributed by atoms with E-state index in [9.17, 15) is 13.6 Å². The lowest BCUT2D eigenvalue weighted by Crippen LogP contribution is -2.02. The molecule has 0 aliphatic rings. The van der Waals surface area contributed by atoms with Gasteiger partial charge in [0.25, 0.3) is 0 Å². The molecule has 0 saturated heterocycles. The number of methoxy groups -OCH3 is 1. The van der Waals surface area contributed by atoms with Crippen molar-refractivity contribution in [3.8, 4) is 17.2 Å². The van der Waals surface area contributed by atoms with Gasteiger partial charge in [-0.1, -0.05) is 12.1 Å². The zero-order chi connectivity index (χ0) is 15.9. The first-order valence-electron chi connectivity index (χ1n) is 6.42. The summed E-state index contributed by atoms with van der Waals surface area (Å²) < 4.78 is 39.1. The van der Waals surface area contributed by atoms with Gasteiger partial charge in [0, 0.05) is 5.56 Å². The van der Waals surface area contributed by atoms with E-state index in [2.05, 4.69) is 4.74 Å². The minimum absolute atomic E-state index is 0.0895. The summed E-state index contributed by atoms with van der Waals surface area (Å²) in [4.78, 5) is 10.7. The SMILES string of the molecule is COc1cc(C=O)ccc1OCc1ccc(OC(F)F)cc1. The second kappa shape index (κ2) is 7.40. The Hall–Kier alpha value is -2.63. The Morgan fingerprint density at radius 1 is 1.09 bits per heavy atom. The molecular weight excluding hydrogens is 294 g/mol. The molecule has 0 radical (unpaired) electrons. The largest absolute Gasteiger partial charge is 0.493 e. The molecule has 0 atom stereocenters. The van der Waals surface area contributed by atoms with Gasteiger partial charge < -0.3 is 14.2 Å². The van der Waals surface area contributed by atoms with Crippen molar-refractivity contribution in [3.63, 3.8) is 0 Å². The number of benzene rings is 2. The molecule has 2 rings (SSSR count). The Bertz CT molecular complexity index is 627. The molecular formula is C16H14F2O4. The van der Waals surface area contributed by atoms with Crippen LogP contribution in [0.25, 0.3) is 0 Å². The highest BCUT2D eigenvalue weighted by molar-refractivity contribution is 5.76. The van der Waals surface area contributed by atoms with E-state index in [1.807, 2.05) is 0 Å². The van der Waals surface area contributed by atoms with E-state index >= 15 is 0 Å². The van der Waals surface area contributed by atoms with Crippen molar-refractivity contribution < 1.29 is 27.8 Å². The summed E-state index contributed by atoms with van der Waals surface area (Å²) >= 11 is 0. The molecule has 6 heteroatoms. The van der Waals surface area contributed by atoms with Crippen LogP contribution >= 0.6 is 0 Å². The molecule has 0 aromatic heterocycles. The van der Waals surface area contributed by atoms with E-state index in [0.717, 1.165) is 5.56 Å². The Morgan fingerprint density at radius 2 is 1.82 bits per heavy atom. The molecule has 2 aromatic carbocycles. The Morgan fingerprint density at radius 3 is 2.41 bits per heavy atom. The highest BCUT2D eigenvalue weighted by Crippen LogP contribution is 2.28. The summed E-state index contributed by atoms with van der Waals surface area (Å²) in [5.41, 5.74) is 1.26. The van der Waals surface area contributed by atoms with Gasteiger partial charge in [0.15, 0.2) is 11.5 Å². The fraction of sp³-hybridized carbons (Fsp3) is 0.188. The van der Waals surface area contributed by atoms with Gasteiger partial charge in [-0.3, -0.25) is 4.79 Å². The van der Waals surface area contributed by atoms with Gasteiger partial charge in [-0.25, -0.2) is 0 Å². The summed E-state index contributed by atoms with van der Waals surface area (Å²) in [6, 6.07) is 11.0. The molecule has 0 heterocycles. The van der Waals surface area contributed by atoms with Gasteiger partial charge in [0.05, 0.1) is 7.11 Å². The molecule has 0 bridgehead atoms. The molecule has 4 nitrogen and oxygen atoms in total. The van der Waals surface area contributed by atoms with Crippen LogP contribution in [0.3, 0.4) is 0 Å². The smallest absolute Gasteiger partial charge is 0.387 e. The third-order valence-electron chi connectivity index (χ3n) is 2.87. The molecule has 22 heavy (non-hydrogen) atoms. The van der Waals surface area contributed by atoms with Crippen LogP contribution in [0.2, 0.25) is 0 Å². The number of hydrogen-bond acceptors (Lipinski definition) is 4.